The minimum absolute atomic E-state index is 0.158. The molecular formula is C13H12ClFOS2. The summed E-state index contributed by atoms with van der Waals surface area (Å²) in [4.78, 5) is 2.26. The van der Waals surface area contributed by atoms with Gasteiger partial charge in [-0.25, -0.2) is 4.39 Å². The van der Waals surface area contributed by atoms with Gasteiger partial charge < -0.3 is 5.11 Å². The van der Waals surface area contributed by atoms with Crippen LogP contribution in [0.3, 0.4) is 0 Å². The smallest absolute Gasteiger partial charge is 0.144 e. The van der Waals surface area contributed by atoms with Crippen molar-refractivity contribution < 1.29 is 9.50 Å². The van der Waals surface area contributed by atoms with Crippen molar-refractivity contribution in [1.82, 2.24) is 0 Å². The normalized spacial score (nSPS) is 12.7. The molecule has 1 unspecified atom stereocenters. The highest BCUT2D eigenvalue weighted by Crippen LogP contribution is 2.36. The van der Waals surface area contributed by atoms with Crippen LogP contribution < -0.4 is 0 Å². The van der Waals surface area contributed by atoms with E-state index in [1.807, 2.05) is 13.0 Å². The highest BCUT2D eigenvalue weighted by molar-refractivity contribution is 7.98. The average molecular weight is 303 g/mol. The van der Waals surface area contributed by atoms with E-state index in [-0.39, 0.29) is 10.6 Å². The maximum atomic E-state index is 14.2. The Morgan fingerprint density at radius 3 is 2.61 bits per heavy atom. The van der Waals surface area contributed by atoms with Gasteiger partial charge in [-0.3, -0.25) is 0 Å². The van der Waals surface area contributed by atoms with E-state index in [2.05, 4.69) is 0 Å². The number of thioether (sulfide) groups is 1. The maximum Gasteiger partial charge on any atom is 0.144 e. The Kier molecular flexibility index (Phi) is 4.33. The molecule has 2 aromatic rings. The van der Waals surface area contributed by atoms with Crippen LogP contribution >= 0.6 is 34.7 Å². The number of rotatable bonds is 3. The lowest BCUT2D eigenvalue weighted by Gasteiger charge is -2.14. The monoisotopic (exact) mass is 302 g/mol. The van der Waals surface area contributed by atoms with Crippen molar-refractivity contribution in [1.29, 1.82) is 0 Å². The summed E-state index contributed by atoms with van der Waals surface area (Å²) >= 11 is 8.74. The van der Waals surface area contributed by atoms with Gasteiger partial charge in [-0.2, -0.15) is 0 Å². The Hall–Kier alpha value is -0.550. The van der Waals surface area contributed by atoms with E-state index in [9.17, 15) is 9.50 Å². The van der Waals surface area contributed by atoms with Crippen LogP contribution in [0.4, 0.5) is 4.39 Å². The summed E-state index contributed by atoms with van der Waals surface area (Å²) in [6.07, 6.45) is 0.779. The molecule has 0 saturated heterocycles. The third kappa shape index (κ3) is 2.57. The summed E-state index contributed by atoms with van der Waals surface area (Å²) in [6.45, 7) is 1.94. The summed E-state index contributed by atoms with van der Waals surface area (Å²) in [7, 11) is 0. The minimum Gasteiger partial charge on any atom is -0.383 e. The van der Waals surface area contributed by atoms with Crippen molar-refractivity contribution in [3.8, 4) is 0 Å². The van der Waals surface area contributed by atoms with Crippen LogP contribution in [-0.4, -0.2) is 11.4 Å². The van der Waals surface area contributed by atoms with Crippen LogP contribution in [0.15, 0.2) is 29.2 Å². The lowest BCUT2D eigenvalue weighted by atomic mass is 10.1. The zero-order valence-electron chi connectivity index (χ0n) is 9.91. The van der Waals surface area contributed by atoms with E-state index < -0.39 is 11.9 Å². The Balaban J connectivity index is 2.50. The molecule has 1 N–H and O–H groups in total. The molecule has 5 heteroatoms. The first kappa shape index (κ1) is 13.9. The Morgan fingerprint density at radius 1 is 1.33 bits per heavy atom. The molecule has 0 spiro atoms. The SMILES string of the molecule is CSc1ccc(Cl)c(C(O)c2ccc(C)s2)c1F. The van der Waals surface area contributed by atoms with Gasteiger partial charge in [0.05, 0.1) is 0 Å². The van der Waals surface area contributed by atoms with Gasteiger partial charge in [-0.15, -0.1) is 23.1 Å². The molecule has 0 saturated carbocycles. The van der Waals surface area contributed by atoms with Crippen molar-refractivity contribution in [2.45, 2.75) is 17.9 Å². The molecule has 1 aromatic heterocycles. The molecular weight excluding hydrogens is 291 g/mol. The molecule has 1 heterocycles. The second kappa shape index (κ2) is 5.61. The third-order valence-electron chi connectivity index (χ3n) is 2.62. The van der Waals surface area contributed by atoms with Crippen LogP contribution in [0.25, 0.3) is 0 Å². The summed E-state index contributed by atoms with van der Waals surface area (Å²) in [5.74, 6) is -0.437. The van der Waals surface area contributed by atoms with E-state index in [1.165, 1.54) is 23.1 Å². The molecule has 1 atom stereocenters. The van der Waals surface area contributed by atoms with Gasteiger partial charge in [0.2, 0.25) is 0 Å². The van der Waals surface area contributed by atoms with E-state index in [1.54, 1.807) is 24.5 Å². The van der Waals surface area contributed by atoms with Crippen LogP contribution in [0.2, 0.25) is 5.02 Å². The molecule has 0 aliphatic rings. The molecule has 2 rings (SSSR count). The van der Waals surface area contributed by atoms with E-state index in [4.69, 9.17) is 11.6 Å². The van der Waals surface area contributed by atoms with Crippen molar-refractivity contribution in [2.75, 3.05) is 6.26 Å². The zero-order chi connectivity index (χ0) is 13.3. The molecule has 0 radical (unpaired) electrons. The molecule has 0 aliphatic heterocycles. The molecule has 0 fully saturated rings. The van der Waals surface area contributed by atoms with Crippen molar-refractivity contribution >= 4 is 34.7 Å². The maximum absolute atomic E-state index is 14.2. The third-order valence-corrected chi connectivity index (χ3v) is 4.75. The topological polar surface area (TPSA) is 20.2 Å². The van der Waals surface area contributed by atoms with Gasteiger partial charge in [0, 0.05) is 25.2 Å². The first-order valence-electron chi connectivity index (χ1n) is 5.31. The standard InChI is InChI=1S/C13H12ClFOS2/c1-7-3-5-10(18-7)13(16)11-8(14)4-6-9(17-2)12(11)15/h3-6,13,16H,1-2H3. The lowest BCUT2D eigenvalue weighted by Crippen LogP contribution is -2.03. The summed E-state index contributed by atoms with van der Waals surface area (Å²) in [6, 6.07) is 6.94. The predicted molar refractivity (Wildman–Crippen MR) is 76.3 cm³/mol. The number of halogens is 2. The number of hydrogen-bond donors (Lipinski definition) is 1. The fraction of sp³-hybridized carbons (Fsp3) is 0.231. The summed E-state index contributed by atoms with van der Waals surface area (Å²) in [5, 5.41) is 10.5. The predicted octanol–water partition coefficient (Wildman–Crippen LogP) is 4.65. The molecule has 96 valence electrons. The van der Waals surface area contributed by atoms with E-state index in [0.29, 0.717) is 9.77 Å². The van der Waals surface area contributed by atoms with Crippen molar-refractivity contribution in [3.05, 3.63) is 50.4 Å². The Bertz CT molecular complexity index is 568. The van der Waals surface area contributed by atoms with Crippen molar-refractivity contribution in [2.24, 2.45) is 0 Å². The number of hydrogen-bond acceptors (Lipinski definition) is 3. The van der Waals surface area contributed by atoms with E-state index in [0.717, 1.165) is 4.88 Å². The molecule has 0 aliphatic carbocycles. The number of benzene rings is 1. The number of thiophene rings is 1. The Morgan fingerprint density at radius 2 is 2.06 bits per heavy atom. The average Bonchev–Trinajstić information content (AvgIpc) is 2.76. The van der Waals surface area contributed by atoms with Gasteiger partial charge >= 0.3 is 0 Å². The number of aryl methyl sites for hydroxylation is 1. The second-order valence-corrected chi connectivity index (χ2v) is 6.40. The van der Waals surface area contributed by atoms with Gasteiger partial charge in [0.1, 0.15) is 11.9 Å². The van der Waals surface area contributed by atoms with Crippen molar-refractivity contribution in [3.63, 3.8) is 0 Å². The number of aliphatic hydroxyl groups is 1. The van der Waals surface area contributed by atoms with Gasteiger partial charge in [0.25, 0.3) is 0 Å². The first-order valence-corrected chi connectivity index (χ1v) is 7.72. The van der Waals surface area contributed by atoms with Gasteiger partial charge in [0.15, 0.2) is 0 Å². The fourth-order valence-corrected chi connectivity index (χ4v) is 3.32. The highest BCUT2D eigenvalue weighted by Gasteiger charge is 2.22. The summed E-state index contributed by atoms with van der Waals surface area (Å²) in [5.41, 5.74) is 0.158. The summed E-state index contributed by atoms with van der Waals surface area (Å²) < 4.78 is 14.2. The fourth-order valence-electron chi connectivity index (χ4n) is 1.70. The zero-order valence-corrected chi connectivity index (χ0v) is 12.3. The van der Waals surface area contributed by atoms with Crippen LogP contribution in [0.1, 0.15) is 21.4 Å². The van der Waals surface area contributed by atoms with E-state index >= 15 is 0 Å². The first-order chi connectivity index (χ1) is 8.54. The lowest BCUT2D eigenvalue weighted by molar-refractivity contribution is 0.218. The second-order valence-electron chi connectivity index (χ2n) is 3.83. The highest BCUT2D eigenvalue weighted by atomic mass is 35.5. The van der Waals surface area contributed by atoms with Gasteiger partial charge in [-0.1, -0.05) is 11.6 Å². The van der Waals surface area contributed by atoms with Crippen LogP contribution in [-0.2, 0) is 0 Å². The molecule has 0 amide bonds. The molecule has 0 bridgehead atoms. The Labute approximate surface area is 119 Å². The number of aliphatic hydroxyl groups excluding tert-OH is 1. The van der Waals surface area contributed by atoms with Crippen LogP contribution in [0.5, 0.6) is 0 Å². The minimum atomic E-state index is -1.01. The molecule has 1 nitrogen and oxygen atoms in total. The molecule has 18 heavy (non-hydrogen) atoms. The molecule has 1 aromatic carbocycles. The van der Waals surface area contributed by atoms with Crippen LogP contribution in [0, 0.1) is 12.7 Å². The largest absolute Gasteiger partial charge is 0.383 e. The quantitative estimate of drug-likeness (QED) is 0.833. The van der Waals surface area contributed by atoms with Gasteiger partial charge in [-0.05, 0) is 37.4 Å².